The van der Waals surface area contributed by atoms with Gasteiger partial charge in [-0.15, -0.1) is 0 Å². The molecule has 0 bridgehead atoms. The minimum absolute atomic E-state index is 0.187. The Morgan fingerprint density at radius 3 is 2.32 bits per heavy atom. The van der Waals surface area contributed by atoms with Gasteiger partial charge in [0.05, 0.1) is 25.2 Å². The third-order valence-corrected chi connectivity index (χ3v) is 3.61. The number of esters is 2. The molecule has 120 valence electrons. The van der Waals surface area contributed by atoms with Crippen molar-refractivity contribution in [3.8, 4) is 0 Å². The molecule has 22 heavy (non-hydrogen) atoms. The van der Waals surface area contributed by atoms with E-state index in [1.807, 2.05) is 0 Å². The minimum atomic E-state index is -4.33. The normalized spacial score (nSPS) is 11.7. The maximum Gasteiger partial charge on any atom is 0.354 e. The molecule has 0 aliphatic heterocycles. The molecule has 0 aromatic heterocycles. The number of ether oxygens (including phenoxy) is 2. The van der Waals surface area contributed by atoms with E-state index >= 15 is 0 Å². The van der Waals surface area contributed by atoms with Crippen LogP contribution in [-0.2, 0) is 29.2 Å². The average molecular weight is 329 g/mol. The number of carbonyl (C=O) groups is 2. The minimum Gasteiger partial charge on any atom is -0.466 e. The van der Waals surface area contributed by atoms with E-state index in [4.69, 9.17) is 4.55 Å². The SMILES string of the molecule is COC(=O)/C=C(/Nc1ccc(S(=O)(=O)O)c(C)c1)C(=O)OC. The Balaban J connectivity index is 3.15. The van der Waals surface area contributed by atoms with Gasteiger partial charge in [0.2, 0.25) is 0 Å². The van der Waals surface area contributed by atoms with Crippen LogP contribution in [0, 0.1) is 6.92 Å². The van der Waals surface area contributed by atoms with Crippen molar-refractivity contribution in [1.29, 1.82) is 0 Å². The van der Waals surface area contributed by atoms with E-state index in [-0.39, 0.29) is 16.2 Å². The van der Waals surface area contributed by atoms with Gasteiger partial charge in [-0.3, -0.25) is 4.55 Å². The number of hydrogen-bond donors (Lipinski definition) is 2. The quantitative estimate of drug-likeness (QED) is 0.464. The van der Waals surface area contributed by atoms with Crippen LogP contribution in [0.2, 0.25) is 0 Å². The van der Waals surface area contributed by atoms with Crippen molar-refractivity contribution >= 4 is 27.7 Å². The molecule has 1 aromatic rings. The molecule has 1 aromatic carbocycles. The Morgan fingerprint density at radius 1 is 1.23 bits per heavy atom. The first-order chi connectivity index (χ1) is 10.2. The van der Waals surface area contributed by atoms with Gasteiger partial charge in [-0.2, -0.15) is 8.42 Å². The fourth-order valence-electron chi connectivity index (χ4n) is 1.60. The predicted octanol–water partition coefficient (Wildman–Crippen LogP) is 0.884. The maximum atomic E-state index is 11.6. The lowest BCUT2D eigenvalue weighted by Gasteiger charge is -2.11. The fourth-order valence-corrected chi connectivity index (χ4v) is 2.31. The molecule has 0 aliphatic rings. The molecule has 0 aliphatic carbocycles. The Bertz CT molecular complexity index is 722. The van der Waals surface area contributed by atoms with Crippen LogP contribution in [0.15, 0.2) is 34.9 Å². The highest BCUT2D eigenvalue weighted by molar-refractivity contribution is 7.85. The zero-order chi connectivity index (χ0) is 16.9. The first kappa shape index (κ1) is 17.7. The number of nitrogens with one attached hydrogen (secondary N) is 1. The smallest absolute Gasteiger partial charge is 0.354 e. The molecule has 0 saturated heterocycles. The summed E-state index contributed by atoms with van der Waals surface area (Å²) in [6.45, 7) is 1.47. The molecule has 0 spiro atoms. The van der Waals surface area contributed by atoms with Crippen molar-refractivity contribution in [2.45, 2.75) is 11.8 Å². The van der Waals surface area contributed by atoms with E-state index in [1.54, 1.807) is 0 Å². The maximum absolute atomic E-state index is 11.6. The number of carbonyl (C=O) groups excluding carboxylic acids is 2. The van der Waals surface area contributed by atoms with Gasteiger partial charge in [-0.25, -0.2) is 9.59 Å². The number of methoxy groups -OCH3 is 2. The number of rotatable bonds is 5. The van der Waals surface area contributed by atoms with Gasteiger partial charge >= 0.3 is 11.9 Å². The Kier molecular flexibility index (Phi) is 5.66. The van der Waals surface area contributed by atoms with Gasteiger partial charge in [0.1, 0.15) is 5.70 Å². The molecule has 0 fully saturated rings. The lowest BCUT2D eigenvalue weighted by molar-refractivity contribution is -0.138. The average Bonchev–Trinajstić information content (AvgIpc) is 2.44. The van der Waals surface area contributed by atoms with E-state index in [9.17, 15) is 18.0 Å². The van der Waals surface area contributed by atoms with Crippen molar-refractivity contribution in [1.82, 2.24) is 0 Å². The topological polar surface area (TPSA) is 119 Å². The second kappa shape index (κ2) is 7.05. The number of anilines is 1. The molecule has 9 heteroatoms. The van der Waals surface area contributed by atoms with E-state index in [0.717, 1.165) is 20.3 Å². The summed E-state index contributed by atoms with van der Waals surface area (Å²) in [4.78, 5) is 22.6. The summed E-state index contributed by atoms with van der Waals surface area (Å²) >= 11 is 0. The monoisotopic (exact) mass is 329 g/mol. The number of benzene rings is 1. The van der Waals surface area contributed by atoms with E-state index < -0.39 is 22.1 Å². The largest absolute Gasteiger partial charge is 0.466 e. The summed E-state index contributed by atoms with van der Waals surface area (Å²) in [5, 5.41) is 2.62. The van der Waals surface area contributed by atoms with Crippen molar-refractivity contribution < 1.29 is 32.0 Å². The van der Waals surface area contributed by atoms with Crippen molar-refractivity contribution in [3.05, 3.63) is 35.5 Å². The van der Waals surface area contributed by atoms with Gasteiger partial charge in [0.15, 0.2) is 0 Å². The summed E-state index contributed by atoms with van der Waals surface area (Å²) in [5.74, 6) is -1.57. The summed E-state index contributed by atoms with van der Waals surface area (Å²) in [7, 11) is -2.04. The highest BCUT2D eigenvalue weighted by Gasteiger charge is 2.16. The Hall–Kier alpha value is -2.39. The van der Waals surface area contributed by atoms with Crippen LogP contribution in [0.3, 0.4) is 0 Å². The molecule has 2 N–H and O–H groups in total. The third kappa shape index (κ3) is 4.57. The van der Waals surface area contributed by atoms with Crippen molar-refractivity contribution in [3.63, 3.8) is 0 Å². The van der Waals surface area contributed by atoms with E-state index in [2.05, 4.69) is 14.8 Å². The molecule has 0 radical (unpaired) electrons. The summed E-state index contributed by atoms with van der Waals surface area (Å²) < 4.78 is 40.2. The van der Waals surface area contributed by atoms with E-state index in [1.165, 1.54) is 25.1 Å². The van der Waals surface area contributed by atoms with Crippen LogP contribution in [0.4, 0.5) is 5.69 Å². The van der Waals surface area contributed by atoms with Gasteiger partial charge < -0.3 is 14.8 Å². The zero-order valence-electron chi connectivity index (χ0n) is 12.1. The molecule has 8 nitrogen and oxygen atoms in total. The molecular formula is C13H15NO7S. The molecule has 0 unspecified atom stereocenters. The molecule has 0 amide bonds. The van der Waals surface area contributed by atoms with Crippen molar-refractivity contribution in [2.75, 3.05) is 19.5 Å². The lowest BCUT2D eigenvalue weighted by atomic mass is 10.2. The predicted molar refractivity (Wildman–Crippen MR) is 76.7 cm³/mol. The van der Waals surface area contributed by atoms with Crippen LogP contribution >= 0.6 is 0 Å². The third-order valence-electron chi connectivity index (χ3n) is 2.60. The Labute approximate surface area is 127 Å². The van der Waals surface area contributed by atoms with Crippen LogP contribution < -0.4 is 5.32 Å². The molecule has 0 saturated carbocycles. The van der Waals surface area contributed by atoms with Crippen LogP contribution in [-0.4, -0.2) is 39.1 Å². The zero-order valence-corrected chi connectivity index (χ0v) is 12.9. The van der Waals surface area contributed by atoms with Crippen molar-refractivity contribution in [2.24, 2.45) is 0 Å². The summed E-state index contributed by atoms with van der Waals surface area (Å²) in [6, 6.07) is 3.88. The standard InChI is InChI=1S/C13H15NO7S/c1-8-6-9(4-5-11(8)22(17,18)19)14-10(13(16)21-3)7-12(15)20-2/h4-7,14H,1-3H3,(H,17,18,19)/b10-7+. The fraction of sp³-hybridized carbons (Fsp3) is 0.231. The van der Waals surface area contributed by atoms with Gasteiger partial charge in [0, 0.05) is 5.69 Å². The molecular weight excluding hydrogens is 314 g/mol. The van der Waals surface area contributed by atoms with Gasteiger partial charge in [-0.05, 0) is 30.7 Å². The molecule has 0 heterocycles. The van der Waals surface area contributed by atoms with Gasteiger partial charge in [0.25, 0.3) is 10.1 Å². The second-order valence-electron chi connectivity index (χ2n) is 4.15. The highest BCUT2D eigenvalue weighted by Crippen LogP contribution is 2.20. The first-order valence-electron chi connectivity index (χ1n) is 5.92. The van der Waals surface area contributed by atoms with E-state index in [0.29, 0.717) is 5.69 Å². The first-order valence-corrected chi connectivity index (χ1v) is 7.36. The Morgan fingerprint density at radius 2 is 1.86 bits per heavy atom. The summed E-state index contributed by atoms with van der Waals surface area (Å²) in [6.07, 6.45) is 0.901. The van der Waals surface area contributed by atoms with Crippen LogP contribution in [0.5, 0.6) is 0 Å². The van der Waals surface area contributed by atoms with Crippen LogP contribution in [0.25, 0.3) is 0 Å². The van der Waals surface area contributed by atoms with Gasteiger partial charge in [-0.1, -0.05) is 0 Å². The number of hydrogen-bond acceptors (Lipinski definition) is 7. The lowest BCUT2D eigenvalue weighted by Crippen LogP contribution is -2.15. The summed E-state index contributed by atoms with van der Waals surface area (Å²) in [5.41, 5.74) is 0.397. The molecule has 1 rings (SSSR count). The number of aryl methyl sites for hydroxylation is 1. The second-order valence-corrected chi connectivity index (χ2v) is 5.54. The molecule has 0 atom stereocenters. The van der Waals surface area contributed by atoms with Crippen LogP contribution in [0.1, 0.15) is 5.56 Å². The highest BCUT2D eigenvalue weighted by atomic mass is 32.2.